The smallest absolute Gasteiger partial charge is 0.0468 e. The van der Waals surface area contributed by atoms with E-state index in [0.29, 0.717) is 0 Å². The van der Waals surface area contributed by atoms with Crippen LogP contribution in [0.2, 0.25) is 0 Å². The minimum atomic E-state index is 1.11. The van der Waals surface area contributed by atoms with Crippen molar-refractivity contribution in [1.29, 1.82) is 0 Å². The van der Waals surface area contributed by atoms with Gasteiger partial charge in [-0.05, 0) is 119 Å². The van der Waals surface area contributed by atoms with Gasteiger partial charge in [-0.3, -0.25) is 0 Å². The number of benzene rings is 10. The molecule has 0 spiro atoms. The largest absolute Gasteiger partial charge is 0.310 e. The highest BCUT2D eigenvalue weighted by Gasteiger charge is 2.17. The van der Waals surface area contributed by atoms with Crippen molar-refractivity contribution in [2.75, 3.05) is 4.90 Å². The lowest BCUT2D eigenvalue weighted by molar-refractivity contribution is 1.29. The fraction of sp³-hybridized carbons (Fsp3) is 0. The van der Waals surface area contributed by atoms with Crippen molar-refractivity contribution < 1.29 is 0 Å². The fourth-order valence-corrected chi connectivity index (χ4v) is 7.94. The van der Waals surface area contributed by atoms with Gasteiger partial charge in [0.15, 0.2) is 0 Å². The summed E-state index contributed by atoms with van der Waals surface area (Å²) in [6.07, 6.45) is 0. The average Bonchev–Trinajstić information content (AvgIpc) is 3.21. The number of nitrogens with zero attached hydrogens (tertiary/aromatic N) is 1. The van der Waals surface area contributed by atoms with E-state index in [1.54, 1.807) is 0 Å². The van der Waals surface area contributed by atoms with Gasteiger partial charge < -0.3 is 4.90 Å². The Balaban J connectivity index is 1.14. The van der Waals surface area contributed by atoms with Crippen LogP contribution in [0.3, 0.4) is 0 Å². The van der Waals surface area contributed by atoms with E-state index in [0.717, 1.165) is 17.1 Å². The van der Waals surface area contributed by atoms with E-state index >= 15 is 0 Å². The minimum Gasteiger partial charge on any atom is -0.310 e. The van der Waals surface area contributed by atoms with E-state index in [-0.39, 0.29) is 0 Å². The number of anilines is 3. The van der Waals surface area contributed by atoms with Crippen LogP contribution in [0.25, 0.3) is 76.1 Å². The first-order valence-corrected chi connectivity index (χ1v) is 17.6. The molecule has 238 valence electrons. The molecule has 10 aromatic carbocycles. The maximum Gasteiger partial charge on any atom is 0.0468 e. The zero-order chi connectivity index (χ0) is 33.7. The van der Waals surface area contributed by atoms with Crippen LogP contribution in [0.15, 0.2) is 200 Å². The van der Waals surface area contributed by atoms with Crippen LogP contribution in [-0.2, 0) is 0 Å². The van der Waals surface area contributed by atoms with E-state index in [1.165, 1.54) is 76.1 Å². The van der Waals surface area contributed by atoms with Gasteiger partial charge in [0.05, 0.1) is 0 Å². The Bertz CT molecular complexity index is 2890. The summed E-state index contributed by atoms with van der Waals surface area (Å²) in [4.78, 5) is 2.39. The average molecular weight is 648 g/mol. The van der Waals surface area contributed by atoms with Gasteiger partial charge in [0.25, 0.3) is 0 Å². The van der Waals surface area contributed by atoms with Gasteiger partial charge in [-0.25, -0.2) is 0 Å². The Labute approximate surface area is 297 Å². The molecule has 0 aromatic heterocycles. The summed E-state index contributed by atoms with van der Waals surface area (Å²) in [5.74, 6) is 0. The maximum absolute atomic E-state index is 2.39. The van der Waals surface area contributed by atoms with E-state index in [2.05, 4.69) is 205 Å². The van der Waals surface area contributed by atoms with Crippen LogP contribution in [0, 0.1) is 0 Å². The molecule has 0 aliphatic heterocycles. The van der Waals surface area contributed by atoms with Crippen LogP contribution in [0.5, 0.6) is 0 Å². The molecule has 1 nitrogen and oxygen atoms in total. The maximum atomic E-state index is 2.39. The van der Waals surface area contributed by atoms with E-state index in [1.807, 2.05) is 0 Å². The third kappa shape index (κ3) is 5.02. The Hall–Kier alpha value is -6.70. The van der Waals surface area contributed by atoms with Crippen molar-refractivity contribution in [2.24, 2.45) is 0 Å². The highest BCUT2D eigenvalue weighted by molar-refractivity contribution is 6.24. The van der Waals surface area contributed by atoms with E-state index in [4.69, 9.17) is 0 Å². The highest BCUT2D eigenvalue weighted by Crippen LogP contribution is 2.42. The quantitative estimate of drug-likeness (QED) is 0.168. The van der Waals surface area contributed by atoms with Crippen LogP contribution >= 0.6 is 0 Å². The van der Waals surface area contributed by atoms with Crippen molar-refractivity contribution in [3.63, 3.8) is 0 Å². The van der Waals surface area contributed by atoms with Crippen LogP contribution in [0.4, 0.5) is 17.1 Å². The third-order valence-electron chi connectivity index (χ3n) is 10.4. The number of rotatable bonds is 5. The molecule has 0 N–H and O–H groups in total. The second-order valence-electron chi connectivity index (χ2n) is 13.3. The molecule has 10 aromatic rings. The zero-order valence-corrected chi connectivity index (χ0v) is 28.0. The minimum absolute atomic E-state index is 1.11. The Morgan fingerprint density at radius 1 is 0.255 bits per heavy atom. The van der Waals surface area contributed by atoms with E-state index < -0.39 is 0 Å². The molecule has 0 saturated carbocycles. The molecule has 0 bridgehead atoms. The van der Waals surface area contributed by atoms with Crippen LogP contribution < -0.4 is 4.90 Å². The zero-order valence-electron chi connectivity index (χ0n) is 28.0. The normalized spacial score (nSPS) is 11.5. The second-order valence-corrected chi connectivity index (χ2v) is 13.3. The van der Waals surface area contributed by atoms with Gasteiger partial charge in [0.1, 0.15) is 0 Å². The molecule has 0 unspecified atom stereocenters. The lowest BCUT2D eigenvalue weighted by Crippen LogP contribution is -2.10. The van der Waals surface area contributed by atoms with Gasteiger partial charge in [-0.15, -0.1) is 0 Å². The summed E-state index contributed by atoms with van der Waals surface area (Å²) in [5.41, 5.74) is 8.19. The third-order valence-corrected chi connectivity index (χ3v) is 10.4. The van der Waals surface area contributed by atoms with E-state index in [9.17, 15) is 0 Å². The number of fused-ring (bicyclic) bond motifs is 8. The number of hydrogen-bond acceptors (Lipinski definition) is 1. The molecule has 0 fully saturated rings. The van der Waals surface area contributed by atoms with Crippen molar-refractivity contribution >= 4 is 70.9 Å². The lowest BCUT2D eigenvalue weighted by Gasteiger charge is -2.27. The molecule has 0 atom stereocenters. The summed E-state index contributed by atoms with van der Waals surface area (Å²) in [6.45, 7) is 0. The van der Waals surface area contributed by atoms with Crippen molar-refractivity contribution in [3.8, 4) is 22.3 Å². The topological polar surface area (TPSA) is 3.24 Å². The summed E-state index contributed by atoms with van der Waals surface area (Å²) in [7, 11) is 0. The van der Waals surface area contributed by atoms with Crippen molar-refractivity contribution in [2.45, 2.75) is 0 Å². The summed E-state index contributed by atoms with van der Waals surface area (Å²) >= 11 is 0. The molecule has 1 heteroatoms. The molecule has 0 saturated heterocycles. The predicted octanol–water partition coefficient (Wildman–Crippen LogP) is 14.3. The Morgan fingerprint density at radius 3 is 1.59 bits per heavy atom. The van der Waals surface area contributed by atoms with Crippen molar-refractivity contribution in [3.05, 3.63) is 200 Å². The molecular weight excluding hydrogens is 615 g/mol. The predicted molar refractivity (Wildman–Crippen MR) is 220 cm³/mol. The second kappa shape index (κ2) is 12.0. The molecule has 0 aliphatic carbocycles. The van der Waals surface area contributed by atoms with Gasteiger partial charge in [-0.1, -0.05) is 158 Å². The molecular formula is C50H33N. The molecule has 0 heterocycles. The van der Waals surface area contributed by atoms with Crippen LogP contribution in [-0.4, -0.2) is 0 Å². The first-order valence-electron chi connectivity index (χ1n) is 17.6. The molecule has 51 heavy (non-hydrogen) atoms. The summed E-state index contributed by atoms with van der Waals surface area (Å²) in [6, 6.07) is 73.0. The van der Waals surface area contributed by atoms with Gasteiger partial charge in [0.2, 0.25) is 0 Å². The van der Waals surface area contributed by atoms with Gasteiger partial charge in [-0.2, -0.15) is 0 Å². The first kappa shape index (κ1) is 29.2. The van der Waals surface area contributed by atoms with Gasteiger partial charge in [0, 0.05) is 17.1 Å². The Kier molecular flexibility index (Phi) is 6.89. The van der Waals surface area contributed by atoms with Crippen molar-refractivity contribution in [1.82, 2.24) is 0 Å². The fourth-order valence-electron chi connectivity index (χ4n) is 7.94. The highest BCUT2D eigenvalue weighted by atomic mass is 15.1. The first-order chi connectivity index (χ1) is 25.3. The molecule has 0 radical (unpaired) electrons. The monoisotopic (exact) mass is 647 g/mol. The molecule has 10 rings (SSSR count). The summed E-state index contributed by atoms with van der Waals surface area (Å²) in [5, 5.41) is 12.7. The van der Waals surface area contributed by atoms with Gasteiger partial charge >= 0.3 is 0 Å². The summed E-state index contributed by atoms with van der Waals surface area (Å²) < 4.78 is 0. The van der Waals surface area contributed by atoms with Crippen LogP contribution in [0.1, 0.15) is 0 Å². The lowest BCUT2D eigenvalue weighted by atomic mass is 9.90. The molecule has 0 aliphatic rings. The molecule has 0 amide bonds. The standard InChI is InChI=1S/C50H33N/c1-2-11-34(12-3-1)38-16-10-17-42(31-38)51(43-28-30-45-40(32-43)22-21-35-13-4-7-18-44(35)45)41-26-23-37(24-27-41)49-33-39-15-6-9-20-47(39)50-46-19-8-5-14-36(46)25-29-48(49)50/h1-33H. The SMILES string of the molecule is c1ccc(-c2cccc(N(c3ccc(-c4cc5ccccc5c5c4ccc4ccccc45)cc3)c3ccc4c(ccc5ccccc54)c3)c2)cc1. The Morgan fingerprint density at radius 2 is 0.784 bits per heavy atom. The number of hydrogen-bond donors (Lipinski definition) is 0.